The Kier molecular flexibility index (Phi) is 4.39. The third kappa shape index (κ3) is 3.96. The Hall–Kier alpha value is -2.66. The molecular weight excluding hydrogens is 308 g/mol. The number of anilines is 1. The number of aromatic nitrogens is 1. The molecule has 2 aromatic carbocycles. The van der Waals surface area contributed by atoms with Crippen LogP contribution in [0.25, 0.3) is 11.3 Å². The Morgan fingerprint density at radius 2 is 1.83 bits per heavy atom. The van der Waals surface area contributed by atoms with Gasteiger partial charge in [0.15, 0.2) is 0 Å². The SMILES string of the molecule is CC(=O)Nc1ccc(Cc2nc(-c3ccc(O)cc3)cs2)cc1. The molecule has 0 aliphatic rings. The highest BCUT2D eigenvalue weighted by atomic mass is 32.1. The lowest BCUT2D eigenvalue weighted by Crippen LogP contribution is -2.05. The minimum absolute atomic E-state index is 0.0730. The van der Waals surface area contributed by atoms with E-state index in [0.29, 0.717) is 0 Å². The van der Waals surface area contributed by atoms with Crippen molar-refractivity contribution in [3.8, 4) is 17.0 Å². The number of amides is 1. The van der Waals surface area contributed by atoms with E-state index in [9.17, 15) is 9.90 Å². The molecule has 1 amide bonds. The molecule has 0 bridgehead atoms. The first-order valence-corrected chi connectivity index (χ1v) is 8.08. The number of nitrogens with one attached hydrogen (secondary N) is 1. The molecule has 0 saturated carbocycles. The second-order valence-corrected chi connectivity index (χ2v) is 6.17. The Morgan fingerprint density at radius 3 is 2.48 bits per heavy atom. The Morgan fingerprint density at radius 1 is 1.13 bits per heavy atom. The molecular formula is C18H16N2O2S. The number of hydrogen-bond donors (Lipinski definition) is 2. The molecule has 4 nitrogen and oxygen atoms in total. The first-order chi connectivity index (χ1) is 11.1. The number of hydrogen-bond acceptors (Lipinski definition) is 4. The number of carbonyl (C=O) groups excluding carboxylic acids is 1. The summed E-state index contributed by atoms with van der Waals surface area (Å²) >= 11 is 1.61. The maximum absolute atomic E-state index is 11.0. The van der Waals surface area contributed by atoms with Crippen molar-refractivity contribution in [1.29, 1.82) is 0 Å². The quantitative estimate of drug-likeness (QED) is 0.760. The van der Waals surface area contributed by atoms with E-state index in [4.69, 9.17) is 0 Å². The van der Waals surface area contributed by atoms with Crippen molar-refractivity contribution in [2.45, 2.75) is 13.3 Å². The monoisotopic (exact) mass is 324 g/mol. The zero-order chi connectivity index (χ0) is 16.2. The fourth-order valence-corrected chi connectivity index (χ4v) is 3.08. The van der Waals surface area contributed by atoms with Gasteiger partial charge in [-0.2, -0.15) is 0 Å². The lowest BCUT2D eigenvalue weighted by Gasteiger charge is -2.03. The normalized spacial score (nSPS) is 10.5. The molecule has 0 spiro atoms. The molecule has 3 rings (SSSR count). The number of phenols is 1. The van der Waals surface area contributed by atoms with Crippen molar-refractivity contribution >= 4 is 22.9 Å². The summed E-state index contributed by atoms with van der Waals surface area (Å²) in [5, 5.41) is 15.1. The van der Waals surface area contributed by atoms with Gasteiger partial charge in [-0.05, 0) is 42.0 Å². The maximum Gasteiger partial charge on any atom is 0.221 e. The molecule has 1 aromatic heterocycles. The molecule has 0 aliphatic heterocycles. The van der Waals surface area contributed by atoms with Crippen LogP contribution >= 0.6 is 11.3 Å². The van der Waals surface area contributed by atoms with Gasteiger partial charge in [0.1, 0.15) is 5.75 Å². The van der Waals surface area contributed by atoms with E-state index in [1.807, 2.05) is 41.8 Å². The molecule has 0 atom stereocenters. The summed E-state index contributed by atoms with van der Waals surface area (Å²) in [6.45, 7) is 1.49. The van der Waals surface area contributed by atoms with Crippen LogP contribution in [-0.2, 0) is 11.2 Å². The highest BCUT2D eigenvalue weighted by Crippen LogP contribution is 2.25. The van der Waals surface area contributed by atoms with Gasteiger partial charge in [-0.3, -0.25) is 4.79 Å². The van der Waals surface area contributed by atoms with Gasteiger partial charge in [-0.1, -0.05) is 12.1 Å². The van der Waals surface area contributed by atoms with Crippen LogP contribution in [-0.4, -0.2) is 16.0 Å². The van der Waals surface area contributed by atoms with Crippen LogP contribution in [0, 0.1) is 0 Å². The minimum Gasteiger partial charge on any atom is -0.508 e. The van der Waals surface area contributed by atoms with Crippen LogP contribution in [0.1, 0.15) is 17.5 Å². The molecule has 0 fully saturated rings. The molecule has 0 radical (unpaired) electrons. The van der Waals surface area contributed by atoms with Crippen LogP contribution in [0.5, 0.6) is 5.75 Å². The lowest BCUT2D eigenvalue weighted by molar-refractivity contribution is -0.114. The second-order valence-electron chi connectivity index (χ2n) is 5.23. The molecule has 0 unspecified atom stereocenters. The molecule has 5 heteroatoms. The molecule has 3 aromatic rings. The number of carbonyl (C=O) groups is 1. The fourth-order valence-electron chi connectivity index (χ4n) is 2.24. The molecule has 1 heterocycles. The van der Waals surface area contributed by atoms with Crippen molar-refractivity contribution in [2.75, 3.05) is 5.32 Å². The van der Waals surface area contributed by atoms with Crippen LogP contribution in [0.2, 0.25) is 0 Å². The van der Waals surface area contributed by atoms with Crippen LogP contribution in [0.4, 0.5) is 5.69 Å². The summed E-state index contributed by atoms with van der Waals surface area (Å²) in [6, 6.07) is 14.8. The zero-order valence-electron chi connectivity index (χ0n) is 12.6. The second kappa shape index (κ2) is 6.62. The summed E-state index contributed by atoms with van der Waals surface area (Å²) in [4.78, 5) is 15.7. The van der Waals surface area contributed by atoms with E-state index >= 15 is 0 Å². The Bertz CT molecular complexity index is 808. The maximum atomic E-state index is 11.0. The first-order valence-electron chi connectivity index (χ1n) is 7.20. The largest absolute Gasteiger partial charge is 0.508 e. The van der Waals surface area contributed by atoms with Crippen molar-refractivity contribution < 1.29 is 9.90 Å². The van der Waals surface area contributed by atoms with Gasteiger partial charge in [-0.25, -0.2) is 4.98 Å². The third-order valence-electron chi connectivity index (χ3n) is 3.34. The van der Waals surface area contributed by atoms with Crippen LogP contribution in [0.3, 0.4) is 0 Å². The molecule has 0 saturated heterocycles. The van der Waals surface area contributed by atoms with Crippen molar-refractivity contribution in [3.63, 3.8) is 0 Å². The first kappa shape index (κ1) is 15.2. The van der Waals surface area contributed by atoms with Crippen molar-refractivity contribution in [2.24, 2.45) is 0 Å². The average molecular weight is 324 g/mol. The van der Waals surface area contributed by atoms with E-state index in [-0.39, 0.29) is 11.7 Å². The summed E-state index contributed by atoms with van der Waals surface area (Å²) in [5.74, 6) is 0.180. The number of nitrogens with zero attached hydrogens (tertiary/aromatic N) is 1. The van der Waals surface area contributed by atoms with Gasteiger partial charge in [0.2, 0.25) is 5.91 Å². The summed E-state index contributed by atoms with van der Waals surface area (Å²) < 4.78 is 0. The van der Waals surface area contributed by atoms with Crippen LogP contribution < -0.4 is 5.32 Å². The predicted molar refractivity (Wildman–Crippen MR) is 92.8 cm³/mol. The Balaban J connectivity index is 1.71. The molecule has 0 aliphatic carbocycles. The topological polar surface area (TPSA) is 62.2 Å². The number of rotatable bonds is 4. The summed E-state index contributed by atoms with van der Waals surface area (Å²) in [5.41, 5.74) is 3.85. The van der Waals surface area contributed by atoms with Gasteiger partial charge in [0.05, 0.1) is 10.7 Å². The van der Waals surface area contributed by atoms with Crippen LogP contribution in [0.15, 0.2) is 53.9 Å². The van der Waals surface area contributed by atoms with Gasteiger partial charge < -0.3 is 10.4 Å². The van der Waals surface area contributed by atoms with E-state index in [1.165, 1.54) is 6.92 Å². The standard InChI is InChI=1S/C18H16N2O2S/c1-12(21)19-15-6-2-13(3-7-15)10-18-20-17(11-23-18)14-4-8-16(22)9-5-14/h2-9,11,22H,10H2,1H3,(H,19,21). The highest BCUT2D eigenvalue weighted by Gasteiger charge is 2.06. The predicted octanol–water partition coefficient (Wildman–Crippen LogP) is 4.06. The van der Waals surface area contributed by atoms with Crippen molar-refractivity contribution in [3.05, 3.63) is 64.5 Å². The summed E-state index contributed by atoms with van der Waals surface area (Å²) in [6.07, 6.45) is 0.753. The van der Waals surface area contributed by atoms with Gasteiger partial charge >= 0.3 is 0 Å². The number of aromatic hydroxyl groups is 1. The molecule has 23 heavy (non-hydrogen) atoms. The molecule has 116 valence electrons. The fraction of sp³-hybridized carbons (Fsp3) is 0.111. The smallest absolute Gasteiger partial charge is 0.221 e. The lowest BCUT2D eigenvalue weighted by atomic mass is 10.1. The molecule has 2 N–H and O–H groups in total. The minimum atomic E-state index is -0.0730. The summed E-state index contributed by atoms with van der Waals surface area (Å²) in [7, 11) is 0. The van der Waals surface area contributed by atoms with E-state index < -0.39 is 0 Å². The third-order valence-corrected chi connectivity index (χ3v) is 4.19. The van der Waals surface area contributed by atoms with E-state index in [1.54, 1.807) is 23.5 Å². The van der Waals surface area contributed by atoms with Gasteiger partial charge in [-0.15, -0.1) is 11.3 Å². The number of thiazole rings is 1. The number of benzene rings is 2. The van der Waals surface area contributed by atoms with Gasteiger partial charge in [0.25, 0.3) is 0 Å². The van der Waals surface area contributed by atoms with E-state index in [0.717, 1.165) is 33.9 Å². The average Bonchev–Trinajstić information content (AvgIpc) is 2.98. The zero-order valence-corrected chi connectivity index (χ0v) is 13.4. The van der Waals surface area contributed by atoms with Crippen molar-refractivity contribution in [1.82, 2.24) is 4.98 Å². The van der Waals surface area contributed by atoms with Gasteiger partial charge in [0, 0.05) is 30.0 Å². The number of phenolic OH excluding ortho intramolecular Hbond substituents is 1. The highest BCUT2D eigenvalue weighted by molar-refractivity contribution is 7.10. The van der Waals surface area contributed by atoms with E-state index in [2.05, 4.69) is 10.3 Å². The Labute approximate surface area is 138 Å².